The van der Waals surface area contributed by atoms with Crippen LogP contribution in [-0.2, 0) is 24.3 Å². The third-order valence-corrected chi connectivity index (χ3v) is 5.20. The summed E-state index contributed by atoms with van der Waals surface area (Å²) in [6.07, 6.45) is 0.768. The zero-order chi connectivity index (χ0) is 14.8. The first kappa shape index (κ1) is 14.3. The Morgan fingerprint density at radius 3 is 2.81 bits per heavy atom. The number of carbonyl (C=O) groups is 1. The highest BCUT2D eigenvalue weighted by Crippen LogP contribution is 2.20. The molecule has 2 heterocycles. The second-order valence-corrected chi connectivity index (χ2v) is 6.92. The number of nitrogens with one attached hydrogen (secondary N) is 2. The summed E-state index contributed by atoms with van der Waals surface area (Å²) in [6.45, 7) is 5.62. The molecule has 1 aromatic heterocycles. The largest absolute Gasteiger partial charge is 0.350 e. The second-order valence-electron chi connectivity index (χ2n) is 5.58. The normalized spacial score (nSPS) is 17.3. The maximum atomic E-state index is 12.3. The molecule has 3 rings (SSSR count). The quantitative estimate of drug-likeness (QED) is 0.915. The zero-order valence-electron chi connectivity index (χ0n) is 12.4. The minimum Gasteiger partial charge on any atom is -0.350 e. The molecule has 0 bridgehead atoms. The Kier molecular flexibility index (Phi) is 4.08. The van der Waals surface area contributed by atoms with Gasteiger partial charge in [0.05, 0.1) is 12.6 Å². The lowest BCUT2D eigenvalue weighted by Crippen LogP contribution is -2.47. The lowest BCUT2D eigenvalue weighted by Gasteiger charge is -2.25. The van der Waals surface area contributed by atoms with Crippen LogP contribution in [0.25, 0.3) is 0 Å². The standard InChI is InChI=1S/C17H20N2OS/c1-11-7-15(21-12(11)2)10-19-17(20)16-8-13-5-3-4-6-14(13)9-18-16/h3-7,16,18H,8-10H2,1-2H3,(H,19,20)/t16-/m0/s1. The smallest absolute Gasteiger partial charge is 0.237 e. The number of aryl methyl sites for hydroxylation is 2. The van der Waals surface area contributed by atoms with Gasteiger partial charge in [-0.05, 0) is 43.0 Å². The average Bonchev–Trinajstić information content (AvgIpc) is 2.83. The van der Waals surface area contributed by atoms with Crippen LogP contribution in [0.4, 0.5) is 0 Å². The Labute approximate surface area is 129 Å². The van der Waals surface area contributed by atoms with E-state index >= 15 is 0 Å². The van der Waals surface area contributed by atoms with Crippen molar-refractivity contribution in [2.45, 2.75) is 39.4 Å². The van der Waals surface area contributed by atoms with Crippen LogP contribution in [-0.4, -0.2) is 11.9 Å². The predicted molar refractivity (Wildman–Crippen MR) is 86.4 cm³/mol. The second kappa shape index (κ2) is 6.00. The van der Waals surface area contributed by atoms with E-state index in [-0.39, 0.29) is 11.9 Å². The molecule has 1 atom stereocenters. The lowest BCUT2D eigenvalue weighted by atomic mass is 9.95. The van der Waals surface area contributed by atoms with Crippen LogP contribution in [0.1, 0.15) is 26.4 Å². The summed E-state index contributed by atoms with van der Waals surface area (Å²) < 4.78 is 0. The SMILES string of the molecule is Cc1cc(CNC(=O)[C@@H]2Cc3ccccc3CN2)sc1C. The number of fused-ring (bicyclic) bond motifs is 1. The third-order valence-electron chi connectivity index (χ3n) is 4.05. The molecule has 0 saturated heterocycles. The molecule has 110 valence electrons. The van der Waals surface area contributed by atoms with Gasteiger partial charge in [0, 0.05) is 16.3 Å². The van der Waals surface area contributed by atoms with Gasteiger partial charge in [-0.3, -0.25) is 4.79 Å². The van der Waals surface area contributed by atoms with Crippen LogP contribution >= 0.6 is 11.3 Å². The maximum absolute atomic E-state index is 12.3. The highest BCUT2D eigenvalue weighted by Gasteiger charge is 2.23. The predicted octanol–water partition coefficient (Wildman–Crippen LogP) is 2.70. The number of carbonyl (C=O) groups excluding carboxylic acids is 1. The van der Waals surface area contributed by atoms with Crippen molar-refractivity contribution in [3.05, 3.63) is 56.8 Å². The molecular weight excluding hydrogens is 280 g/mol. The van der Waals surface area contributed by atoms with E-state index in [2.05, 4.69) is 42.7 Å². The molecule has 1 aliphatic rings. The number of hydrogen-bond acceptors (Lipinski definition) is 3. The highest BCUT2D eigenvalue weighted by molar-refractivity contribution is 7.12. The highest BCUT2D eigenvalue weighted by atomic mass is 32.1. The fraction of sp³-hybridized carbons (Fsp3) is 0.353. The average molecular weight is 300 g/mol. The van der Waals surface area contributed by atoms with Gasteiger partial charge >= 0.3 is 0 Å². The van der Waals surface area contributed by atoms with Crippen LogP contribution < -0.4 is 10.6 Å². The lowest BCUT2D eigenvalue weighted by molar-refractivity contribution is -0.123. The van der Waals surface area contributed by atoms with E-state index in [1.807, 2.05) is 12.1 Å². The summed E-state index contributed by atoms with van der Waals surface area (Å²) in [5, 5.41) is 6.37. The molecule has 2 aromatic rings. The van der Waals surface area contributed by atoms with Crippen molar-refractivity contribution in [3.8, 4) is 0 Å². The summed E-state index contributed by atoms with van der Waals surface area (Å²) >= 11 is 1.76. The topological polar surface area (TPSA) is 41.1 Å². The minimum atomic E-state index is -0.123. The Balaban J connectivity index is 1.59. The van der Waals surface area contributed by atoms with Gasteiger partial charge in [0.15, 0.2) is 0 Å². The van der Waals surface area contributed by atoms with Gasteiger partial charge in [0.2, 0.25) is 5.91 Å². The third kappa shape index (κ3) is 3.17. The molecule has 0 fully saturated rings. The van der Waals surface area contributed by atoms with Crippen LogP contribution in [0.3, 0.4) is 0 Å². The molecule has 1 aromatic carbocycles. The fourth-order valence-corrected chi connectivity index (χ4v) is 3.67. The molecule has 21 heavy (non-hydrogen) atoms. The zero-order valence-corrected chi connectivity index (χ0v) is 13.2. The summed E-state index contributed by atoms with van der Waals surface area (Å²) in [5.74, 6) is 0.0909. The molecule has 2 N–H and O–H groups in total. The van der Waals surface area contributed by atoms with Gasteiger partial charge in [-0.2, -0.15) is 0 Å². The Bertz CT molecular complexity index is 643. The Morgan fingerprint density at radius 1 is 1.33 bits per heavy atom. The molecule has 1 amide bonds. The van der Waals surface area contributed by atoms with Crippen LogP contribution in [0.15, 0.2) is 30.3 Å². The molecule has 4 heteroatoms. The van der Waals surface area contributed by atoms with E-state index < -0.39 is 0 Å². The number of amides is 1. The monoisotopic (exact) mass is 300 g/mol. The maximum Gasteiger partial charge on any atom is 0.237 e. The summed E-state index contributed by atoms with van der Waals surface area (Å²) in [5.41, 5.74) is 3.87. The van der Waals surface area contributed by atoms with Gasteiger partial charge in [-0.15, -0.1) is 11.3 Å². The Hall–Kier alpha value is -1.65. The van der Waals surface area contributed by atoms with Crippen molar-refractivity contribution >= 4 is 17.2 Å². The molecule has 0 unspecified atom stereocenters. The number of thiophene rings is 1. The molecule has 0 radical (unpaired) electrons. The molecule has 1 aliphatic heterocycles. The first-order valence-corrected chi connectivity index (χ1v) is 8.09. The van der Waals surface area contributed by atoms with Crippen molar-refractivity contribution in [2.24, 2.45) is 0 Å². The van der Waals surface area contributed by atoms with Crippen molar-refractivity contribution in [3.63, 3.8) is 0 Å². The van der Waals surface area contributed by atoms with E-state index in [1.165, 1.54) is 26.4 Å². The van der Waals surface area contributed by atoms with E-state index in [0.717, 1.165) is 13.0 Å². The molecule has 0 aliphatic carbocycles. The number of hydrogen-bond donors (Lipinski definition) is 2. The fourth-order valence-electron chi connectivity index (χ4n) is 2.67. The molecular formula is C17H20N2OS. The molecule has 0 saturated carbocycles. The van der Waals surface area contributed by atoms with Gasteiger partial charge < -0.3 is 10.6 Å². The van der Waals surface area contributed by atoms with Crippen molar-refractivity contribution in [1.82, 2.24) is 10.6 Å². The van der Waals surface area contributed by atoms with Crippen LogP contribution in [0, 0.1) is 13.8 Å². The van der Waals surface area contributed by atoms with E-state index in [4.69, 9.17) is 0 Å². The first-order valence-electron chi connectivity index (χ1n) is 7.27. The van der Waals surface area contributed by atoms with Crippen LogP contribution in [0.2, 0.25) is 0 Å². The summed E-state index contributed by atoms with van der Waals surface area (Å²) in [7, 11) is 0. The van der Waals surface area contributed by atoms with Gasteiger partial charge in [-0.1, -0.05) is 24.3 Å². The minimum absolute atomic E-state index is 0.0909. The van der Waals surface area contributed by atoms with E-state index in [0.29, 0.717) is 6.54 Å². The Morgan fingerprint density at radius 2 is 2.10 bits per heavy atom. The summed E-state index contributed by atoms with van der Waals surface area (Å²) in [6, 6.07) is 10.3. The number of rotatable bonds is 3. The molecule has 3 nitrogen and oxygen atoms in total. The number of benzene rings is 1. The van der Waals surface area contributed by atoms with Crippen molar-refractivity contribution in [2.75, 3.05) is 0 Å². The molecule has 0 spiro atoms. The summed E-state index contributed by atoms with van der Waals surface area (Å²) in [4.78, 5) is 14.8. The first-order chi connectivity index (χ1) is 10.1. The van der Waals surface area contributed by atoms with Crippen molar-refractivity contribution < 1.29 is 4.79 Å². The van der Waals surface area contributed by atoms with E-state index in [1.54, 1.807) is 11.3 Å². The van der Waals surface area contributed by atoms with Gasteiger partial charge in [0.1, 0.15) is 0 Å². The van der Waals surface area contributed by atoms with Gasteiger partial charge in [-0.25, -0.2) is 0 Å². The van der Waals surface area contributed by atoms with Crippen molar-refractivity contribution in [1.29, 1.82) is 0 Å². The van der Waals surface area contributed by atoms with Crippen LogP contribution in [0.5, 0.6) is 0 Å². The van der Waals surface area contributed by atoms with Gasteiger partial charge in [0.25, 0.3) is 0 Å². The van der Waals surface area contributed by atoms with E-state index in [9.17, 15) is 4.79 Å².